The zero-order valence-electron chi connectivity index (χ0n) is 15.9. The molecular formula is C22H21NO5. The van der Waals surface area contributed by atoms with E-state index in [4.69, 9.17) is 9.47 Å². The number of phenolic OH excluding ortho intramolecular Hbond substituents is 1. The van der Waals surface area contributed by atoms with Gasteiger partial charge in [0.25, 0.3) is 0 Å². The normalized spacial score (nSPS) is 10.5. The number of phenols is 1. The van der Waals surface area contributed by atoms with E-state index >= 15 is 0 Å². The van der Waals surface area contributed by atoms with Gasteiger partial charge in [-0.2, -0.15) is 0 Å². The van der Waals surface area contributed by atoms with Crippen molar-refractivity contribution in [2.75, 3.05) is 13.7 Å². The number of methoxy groups -OCH3 is 1. The van der Waals surface area contributed by atoms with Crippen LogP contribution in [0.2, 0.25) is 0 Å². The topological polar surface area (TPSA) is 77.8 Å². The van der Waals surface area contributed by atoms with Crippen molar-refractivity contribution in [3.63, 3.8) is 0 Å². The van der Waals surface area contributed by atoms with Crippen molar-refractivity contribution in [3.05, 3.63) is 77.1 Å². The van der Waals surface area contributed by atoms with Crippen LogP contribution in [-0.4, -0.2) is 35.1 Å². The Morgan fingerprint density at radius 1 is 1.00 bits per heavy atom. The minimum atomic E-state index is -0.614. The van der Waals surface area contributed by atoms with Gasteiger partial charge in [-0.15, -0.1) is 0 Å². The second-order valence-corrected chi connectivity index (χ2v) is 6.36. The number of ether oxygens (including phenoxy) is 2. The zero-order chi connectivity index (χ0) is 20.3. The first kappa shape index (κ1) is 19.2. The van der Waals surface area contributed by atoms with Gasteiger partial charge in [-0.1, -0.05) is 0 Å². The van der Waals surface area contributed by atoms with Gasteiger partial charge < -0.3 is 19.1 Å². The van der Waals surface area contributed by atoms with Crippen molar-refractivity contribution in [2.45, 2.75) is 13.8 Å². The van der Waals surface area contributed by atoms with E-state index in [1.54, 1.807) is 13.2 Å². The molecule has 0 aliphatic heterocycles. The van der Waals surface area contributed by atoms with Crippen molar-refractivity contribution in [3.8, 4) is 17.2 Å². The highest BCUT2D eigenvalue weighted by Crippen LogP contribution is 2.23. The van der Waals surface area contributed by atoms with Crippen molar-refractivity contribution >= 4 is 11.8 Å². The average molecular weight is 379 g/mol. The number of carbonyl (C=O) groups is 2. The van der Waals surface area contributed by atoms with Crippen LogP contribution in [0.15, 0.2) is 54.6 Å². The Kier molecular flexibility index (Phi) is 5.49. The maximum Gasteiger partial charge on any atom is 0.338 e. The van der Waals surface area contributed by atoms with Crippen LogP contribution in [0, 0.1) is 13.8 Å². The molecule has 2 aromatic carbocycles. The van der Waals surface area contributed by atoms with Crippen LogP contribution in [0.1, 0.15) is 32.1 Å². The molecule has 1 N–H and O–H groups in total. The maximum absolute atomic E-state index is 12.6. The second-order valence-electron chi connectivity index (χ2n) is 6.36. The molecule has 3 aromatic rings. The second kappa shape index (κ2) is 8.00. The van der Waals surface area contributed by atoms with Crippen molar-refractivity contribution in [2.24, 2.45) is 0 Å². The third-order valence-corrected chi connectivity index (χ3v) is 4.50. The number of esters is 1. The number of hydrogen-bond donors (Lipinski definition) is 1. The Labute approximate surface area is 162 Å². The summed E-state index contributed by atoms with van der Waals surface area (Å²) in [7, 11) is 1.61. The molecule has 0 saturated carbocycles. The highest BCUT2D eigenvalue weighted by molar-refractivity contribution is 6.00. The summed E-state index contributed by atoms with van der Waals surface area (Å²) in [6.45, 7) is 3.41. The molecule has 144 valence electrons. The lowest BCUT2D eigenvalue weighted by molar-refractivity contribution is 0.0474. The van der Waals surface area contributed by atoms with Gasteiger partial charge in [0, 0.05) is 22.6 Å². The van der Waals surface area contributed by atoms with Gasteiger partial charge in [0.05, 0.1) is 12.7 Å². The summed E-state index contributed by atoms with van der Waals surface area (Å²) >= 11 is 0. The lowest BCUT2D eigenvalue weighted by atomic mass is 10.1. The lowest BCUT2D eigenvalue weighted by Gasteiger charge is -2.11. The molecule has 0 unspecified atom stereocenters. The van der Waals surface area contributed by atoms with Crippen LogP contribution < -0.4 is 4.74 Å². The van der Waals surface area contributed by atoms with E-state index in [0.29, 0.717) is 5.56 Å². The largest absolute Gasteiger partial charge is 0.508 e. The number of ketones is 1. The van der Waals surface area contributed by atoms with Crippen molar-refractivity contribution < 1.29 is 24.2 Å². The number of aryl methyl sites for hydroxylation is 1. The first-order valence-electron chi connectivity index (χ1n) is 8.73. The molecule has 0 bridgehead atoms. The van der Waals surface area contributed by atoms with E-state index in [1.807, 2.05) is 42.7 Å². The summed E-state index contributed by atoms with van der Waals surface area (Å²) in [4.78, 5) is 24.7. The monoisotopic (exact) mass is 379 g/mol. The fraction of sp³-hybridized carbons (Fsp3) is 0.182. The van der Waals surface area contributed by atoms with Gasteiger partial charge in [-0.05, 0) is 68.4 Å². The number of rotatable bonds is 6. The molecule has 0 fully saturated rings. The highest BCUT2D eigenvalue weighted by atomic mass is 16.5. The van der Waals surface area contributed by atoms with Crippen molar-refractivity contribution in [1.82, 2.24) is 4.57 Å². The van der Waals surface area contributed by atoms with Crippen molar-refractivity contribution in [1.29, 1.82) is 0 Å². The first-order chi connectivity index (χ1) is 13.4. The van der Waals surface area contributed by atoms with Gasteiger partial charge >= 0.3 is 5.97 Å². The standard InChI is InChI=1S/C22H21NO5/c1-14-12-20(15(2)23(14)17-6-10-19(27-3)11-7-17)21(25)13-28-22(26)16-4-8-18(24)9-5-16/h4-12,24H,13H2,1-3H3. The van der Waals surface area contributed by atoms with E-state index in [1.165, 1.54) is 24.3 Å². The fourth-order valence-corrected chi connectivity index (χ4v) is 3.06. The van der Waals surface area contributed by atoms with Gasteiger partial charge in [0.1, 0.15) is 11.5 Å². The van der Waals surface area contributed by atoms with E-state index in [0.717, 1.165) is 22.8 Å². The average Bonchev–Trinajstić information content (AvgIpc) is 3.00. The number of Topliss-reactive ketones (excluding diaryl/α,β-unsaturated/α-hetero) is 1. The van der Waals surface area contributed by atoms with Gasteiger partial charge in [0.2, 0.25) is 5.78 Å². The van der Waals surface area contributed by atoms with Crippen LogP contribution in [0.25, 0.3) is 5.69 Å². The molecule has 28 heavy (non-hydrogen) atoms. The number of aromatic hydroxyl groups is 1. The maximum atomic E-state index is 12.6. The molecule has 6 nitrogen and oxygen atoms in total. The van der Waals surface area contributed by atoms with Crippen LogP contribution in [0.3, 0.4) is 0 Å². The van der Waals surface area contributed by atoms with E-state index in [-0.39, 0.29) is 23.7 Å². The molecule has 0 saturated heterocycles. The third kappa shape index (κ3) is 3.91. The fourth-order valence-electron chi connectivity index (χ4n) is 3.06. The number of nitrogens with zero attached hydrogens (tertiary/aromatic N) is 1. The summed E-state index contributed by atoms with van der Waals surface area (Å²) in [5.41, 5.74) is 3.36. The molecule has 0 radical (unpaired) electrons. The number of aromatic nitrogens is 1. The summed E-state index contributed by atoms with van der Waals surface area (Å²) in [6, 6.07) is 15.0. The van der Waals surface area contributed by atoms with Gasteiger partial charge in [0.15, 0.2) is 6.61 Å². The van der Waals surface area contributed by atoms with Crippen LogP contribution >= 0.6 is 0 Å². The Morgan fingerprint density at radius 3 is 2.25 bits per heavy atom. The summed E-state index contributed by atoms with van der Waals surface area (Å²) in [5.74, 6) is -0.0837. The molecule has 1 aromatic heterocycles. The SMILES string of the molecule is COc1ccc(-n2c(C)cc(C(=O)COC(=O)c3ccc(O)cc3)c2C)cc1. The van der Waals surface area contributed by atoms with Crippen LogP contribution in [0.4, 0.5) is 0 Å². The smallest absolute Gasteiger partial charge is 0.338 e. The molecule has 0 amide bonds. The highest BCUT2D eigenvalue weighted by Gasteiger charge is 2.18. The molecule has 1 heterocycles. The summed E-state index contributed by atoms with van der Waals surface area (Å²) in [6.07, 6.45) is 0. The molecule has 0 aliphatic carbocycles. The van der Waals surface area contributed by atoms with E-state index < -0.39 is 5.97 Å². The number of hydrogen-bond acceptors (Lipinski definition) is 5. The van der Waals surface area contributed by atoms with Gasteiger partial charge in [-0.3, -0.25) is 4.79 Å². The lowest BCUT2D eigenvalue weighted by Crippen LogP contribution is -2.15. The number of benzene rings is 2. The van der Waals surface area contributed by atoms with Gasteiger partial charge in [-0.25, -0.2) is 4.79 Å². The van der Waals surface area contributed by atoms with Crippen LogP contribution in [-0.2, 0) is 4.74 Å². The molecule has 3 rings (SSSR count). The minimum absolute atomic E-state index is 0.0543. The van der Waals surface area contributed by atoms with Crippen LogP contribution in [0.5, 0.6) is 11.5 Å². The Bertz CT molecular complexity index is 1000. The molecule has 0 spiro atoms. The first-order valence-corrected chi connectivity index (χ1v) is 8.73. The predicted octanol–water partition coefficient (Wildman–Crippen LogP) is 3.85. The predicted molar refractivity (Wildman–Crippen MR) is 105 cm³/mol. The Morgan fingerprint density at radius 2 is 1.64 bits per heavy atom. The molecule has 6 heteroatoms. The molecular weight excluding hydrogens is 358 g/mol. The quantitative estimate of drug-likeness (QED) is 0.520. The summed E-state index contributed by atoms with van der Waals surface area (Å²) in [5, 5.41) is 9.27. The minimum Gasteiger partial charge on any atom is -0.508 e. The number of carbonyl (C=O) groups excluding carboxylic acids is 2. The van der Waals surface area contributed by atoms with E-state index in [9.17, 15) is 14.7 Å². The van der Waals surface area contributed by atoms with E-state index in [2.05, 4.69) is 0 Å². The zero-order valence-corrected chi connectivity index (χ0v) is 15.9. The summed E-state index contributed by atoms with van der Waals surface area (Å²) < 4.78 is 12.3. The molecule has 0 aliphatic rings. The Hall–Kier alpha value is -3.54. The molecule has 0 atom stereocenters. The third-order valence-electron chi connectivity index (χ3n) is 4.50. The Balaban J connectivity index is 1.75.